The molecular weight excluding hydrogens is 446 g/mol. The van der Waals surface area contributed by atoms with Crippen LogP contribution in [0.25, 0.3) is 0 Å². The molecule has 0 bridgehead atoms. The van der Waals surface area contributed by atoms with Crippen LogP contribution in [0.4, 0.5) is 11.4 Å². The van der Waals surface area contributed by atoms with Crippen molar-refractivity contribution >= 4 is 45.0 Å². The number of hydrogen-bond donors (Lipinski definition) is 2. The molecule has 2 N–H and O–H groups in total. The number of nitrogens with one attached hydrogen (secondary N) is 2. The van der Waals surface area contributed by atoms with Crippen LogP contribution >= 0.6 is 11.8 Å². The smallest absolute Gasteiger partial charge is 0.243 e. The Labute approximate surface area is 194 Å². The molecule has 1 unspecified atom stereocenters. The first-order valence-electron chi connectivity index (χ1n) is 10.6. The van der Waals surface area contributed by atoms with Gasteiger partial charge in [-0.1, -0.05) is 24.1 Å². The van der Waals surface area contributed by atoms with E-state index in [2.05, 4.69) is 10.6 Å². The number of nitrogens with zero attached hydrogens (tertiary/aromatic N) is 1. The molecule has 1 saturated heterocycles. The molecule has 172 valence electrons. The molecule has 1 fully saturated rings. The van der Waals surface area contributed by atoms with Gasteiger partial charge in [-0.15, -0.1) is 11.8 Å². The summed E-state index contributed by atoms with van der Waals surface area (Å²) in [5.74, 6) is -0.272. The summed E-state index contributed by atoms with van der Waals surface area (Å²) in [6.45, 7) is 4.80. The fourth-order valence-electron chi connectivity index (χ4n) is 3.32. The second kappa shape index (κ2) is 11.0. The zero-order valence-electron chi connectivity index (χ0n) is 18.3. The van der Waals surface area contributed by atoms with E-state index in [0.717, 1.165) is 30.5 Å². The third-order valence-corrected chi connectivity index (χ3v) is 8.30. The largest absolute Gasteiger partial charge is 0.325 e. The molecule has 2 amide bonds. The fraction of sp³-hybridized carbons (Fsp3) is 0.391. The summed E-state index contributed by atoms with van der Waals surface area (Å²) in [6.07, 6.45) is 2.82. The number of amides is 2. The Morgan fingerprint density at radius 3 is 2.12 bits per heavy atom. The van der Waals surface area contributed by atoms with Gasteiger partial charge in [0.2, 0.25) is 21.8 Å². The highest BCUT2D eigenvalue weighted by atomic mass is 32.2. The highest BCUT2D eigenvalue weighted by molar-refractivity contribution is 8.01. The van der Waals surface area contributed by atoms with Crippen molar-refractivity contribution in [2.24, 2.45) is 0 Å². The summed E-state index contributed by atoms with van der Waals surface area (Å²) >= 11 is 1.23. The average Bonchev–Trinajstić information content (AvgIpc) is 2.80. The van der Waals surface area contributed by atoms with E-state index in [0.29, 0.717) is 18.8 Å². The number of aryl methyl sites for hydroxylation is 1. The van der Waals surface area contributed by atoms with Gasteiger partial charge < -0.3 is 10.6 Å². The van der Waals surface area contributed by atoms with E-state index in [1.807, 2.05) is 31.2 Å². The molecule has 0 aromatic heterocycles. The van der Waals surface area contributed by atoms with Crippen molar-refractivity contribution in [1.29, 1.82) is 0 Å². The number of piperidine rings is 1. The van der Waals surface area contributed by atoms with Crippen LogP contribution in [0.1, 0.15) is 31.7 Å². The topological polar surface area (TPSA) is 95.6 Å². The zero-order chi connectivity index (χ0) is 23.1. The first kappa shape index (κ1) is 24.3. The standard InChI is InChI=1S/C23H29N3O4S2/c1-17-6-8-19(9-7-17)24-22(27)16-31-18(2)23(28)25-20-10-12-21(13-11-20)32(29,30)26-14-4-3-5-15-26/h6-13,18H,3-5,14-16H2,1-2H3,(H,24,27)(H,25,28). The summed E-state index contributed by atoms with van der Waals surface area (Å²) < 4.78 is 27.0. The van der Waals surface area contributed by atoms with Crippen LogP contribution in [0.2, 0.25) is 0 Å². The monoisotopic (exact) mass is 475 g/mol. The SMILES string of the molecule is Cc1ccc(NC(=O)CSC(C)C(=O)Nc2ccc(S(=O)(=O)N3CCCCC3)cc2)cc1. The van der Waals surface area contributed by atoms with Crippen LogP contribution in [-0.2, 0) is 19.6 Å². The molecule has 2 aromatic rings. The molecule has 0 radical (unpaired) electrons. The summed E-state index contributed by atoms with van der Waals surface area (Å²) in [5, 5.41) is 5.14. The lowest BCUT2D eigenvalue weighted by molar-refractivity contribution is -0.115. The van der Waals surface area contributed by atoms with Crippen LogP contribution in [0.3, 0.4) is 0 Å². The lowest BCUT2D eigenvalue weighted by Gasteiger charge is -2.25. The Morgan fingerprint density at radius 2 is 1.50 bits per heavy atom. The minimum absolute atomic E-state index is 0.148. The maximum atomic E-state index is 12.7. The highest BCUT2D eigenvalue weighted by Crippen LogP contribution is 2.22. The van der Waals surface area contributed by atoms with Gasteiger partial charge in [0.05, 0.1) is 15.9 Å². The third-order valence-electron chi connectivity index (χ3n) is 5.24. The Morgan fingerprint density at radius 1 is 0.938 bits per heavy atom. The van der Waals surface area contributed by atoms with Gasteiger partial charge in [-0.05, 0) is 63.1 Å². The predicted molar refractivity (Wildman–Crippen MR) is 129 cm³/mol. The lowest BCUT2D eigenvalue weighted by atomic mass is 10.2. The van der Waals surface area contributed by atoms with E-state index in [4.69, 9.17) is 0 Å². The van der Waals surface area contributed by atoms with Crippen LogP contribution in [-0.4, -0.2) is 48.6 Å². The van der Waals surface area contributed by atoms with E-state index >= 15 is 0 Å². The van der Waals surface area contributed by atoms with Crippen molar-refractivity contribution in [3.8, 4) is 0 Å². The maximum absolute atomic E-state index is 12.7. The van der Waals surface area contributed by atoms with E-state index in [1.54, 1.807) is 19.1 Å². The van der Waals surface area contributed by atoms with E-state index in [-0.39, 0.29) is 22.5 Å². The minimum atomic E-state index is -3.50. The van der Waals surface area contributed by atoms with Crippen molar-refractivity contribution in [3.05, 3.63) is 54.1 Å². The molecule has 7 nitrogen and oxygen atoms in total. The molecular formula is C23H29N3O4S2. The van der Waals surface area contributed by atoms with Gasteiger partial charge in [-0.25, -0.2) is 8.42 Å². The minimum Gasteiger partial charge on any atom is -0.325 e. The van der Waals surface area contributed by atoms with Crippen LogP contribution in [0, 0.1) is 6.92 Å². The highest BCUT2D eigenvalue weighted by Gasteiger charge is 2.25. The molecule has 1 heterocycles. The van der Waals surface area contributed by atoms with E-state index in [1.165, 1.54) is 28.2 Å². The Bertz CT molecular complexity index is 1030. The van der Waals surface area contributed by atoms with Crippen molar-refractivity contribution in [3.63, 3.8) is 0 Å². The van der Waals surface area contributed by atoms with E-state index in [9.17, 15) is 18.0 Å². The molecule has 1 atom stereocenters. The number of hydrogen-bond acceptors (Lipinski definition) is 5. The Balaban J connectivity index is 1.49. The second-order valence-corrected chi connectivity index (χ2v) is 11.1. The van der Waals surface area contributed by atoms with Crippen molar-refractivity contribution in [1.82, 2.24) is 4.31 Å². The van der Waals surface area contributed by atoms with Crippen LogP contribution in [0.5, 0.6) is 0 Å². The maximum Gasteiger partial charge on any atom is 0.243 e. The van der Waals surface area contributed by atoms with Gasteiger partial charge in [0.1, 0.15) is 0 Å². The zero-order valence-corrected chi connectivity index (χ0v) is 20.0. The normalized spacial score (nSPS) is 15.7. The average molecular weight is 476 g/mol. The summed E-state index contributed by atoms with van der Waals surface area (Å²) in [7, 11) is -3.50. The first-order chi connectivity index (χ1) is 15.3. The molecule has 0 saturated carbocycles. The van der Waals surface area contributed by atoms with Gasteiger partial charge in [-0.3, -0.25) is 9.59 Å². The number of rotatable bonds is 8. The van der Waals surface area contributed by atoms with Gasteiger partial charge >= 0.3 is 0 Å². The predicted octanol–water partition coefficient (Wildman–Crippen LogP) is 3.87. The van der Waals surface area contributed by atoms with Crippen LogP contribution in [0.15, 0.2) is 53.4 Å². The summed E-state index contributed by atoms with van der Waals surface area (Å²) in [4.78, 5) is 24.8. The number of sulfonamides is 1. The van der Waals surface area contributed by atoms with Gasteiger partial charge in [0, 0.05) is 24.5 Å². The third kappa shape index (κ3) is 6.57. The fourth-order valence-corrected chi connectivity index (χ4v) is 5.52. The van der Waals surface area contributed by atoms with E-state index < -0.39 is 15.3 Å². The molecule has 32 heavy (non-hydrogen) atoms. The number of carbonyl (C=O) groups excluding carboxylic acids is 2. The van der Waals surface area contributed by atoms with Gasteiger partial charge in [0.25, 0.3) is 0 Å². The van der Waals surface area contributed by atoms with Crippen molar-refractivity contribution < 1.29 is 18.0 Å². The molecule has 9 heteroatoms. The second-order valence-electron chi connectivity index (χ2n) is 7.85. The Hall–Kier alpha value is -2.36. The van der Waals surface area contributed by atoms with Crippen molar-refractivity contribution in [2.75, 3.05) is 29.5 Å². The summed E-state index contributed by atoms with van der Waals surface area (Å²) in [6, 6.07) is 13.7. The molecule has 2 aromatic carbocycles. The number of anilines is 2. The van der Waals surface area contributed by atoms with Gasteiger partial charge in [0.15, 0.2) is 0 Å². The first-order valence-corrected chi connectivity index (χ1v) is 13.1. The van der Waals surface area contributed by atoms with Gasteiger partial charge in [-0.2, -0.15) is 4.31 Å². The number of carbonyl (C=O) groups is 2. The molecule has 1 aliphatic heterocycles. The molecule has 1 aliphatic rings. The molecule has 0 aliphatic carbocycles. The van der Waals surface area contributed by atoms with Crippen molar-refractivity contribution in [2.45, 2.75) is 43.3 Å². The summed E-state index contributed by atoms with van der Waals surface area (Å²) in [5.41, 5.74) is 2.35. The number of benzene rings is 2. The van der Waals surface area contributed by atoms with Crippen LogP contribution < -0.4 is 10.6 Å². The molecule has 3 rings (SSSR count). The quantitative estimate of drug-likeness (QED) is 0.604. The lowest BCUT2D eigenvalue weighted by Crippen LogP contribution is -2.35. The molecule has 0 spiro atoms. The number of thioether (sulfide) groups is 1. The Kier molecular flexibility index (Phi) is 8.33.